The molecule has 3 N–H and O–H groups in total. The zero-order valence-electron chi connectivity index (χ0n) is 12.7. The molecule has 2 fully saturated rings. The topological polar surface area (TPSA) is 58.4 Å². The van der Waals surface area contributed by atoms with Crippen molar-refractivity contribution in [2.24, 2.45) is 0 Å². The van der Waals surface area contributed by atoms with Crippen molar-refractivity contribution >= 4 is 11.6 Å². The van der Waals surface area contributed by atoms with Crippen molar-refractivity contribution in [2.45, 2.75) is 57.2 Å². The highest BCUT2D eigenvalue weighted by atomic mass is 16.1. The third-order valence-corrected chi connectivity index (χ3v) is 4.68. The van der Waals surface area contributed by atoms with Gasteiger partial charge in [-0.25, -0.2) is 0 Å². The third kappa shape index (κ3) is 3.56. The molecule has 114 valence electrons. The Morgan fingerprint density at radius 3 is 2.86 bits per heavy atom. The molecular weight excluding hydrogens is 262 g/mol. The number of nitrogens with two attached hydrogens (primary N) is 1. The number of hydrogen-bond acceptors (Lipinski definition) is 3. The van der Waals surface area contributed by atoms with Crippen molar-refractivity contribution in [1.82, 2.24) is 10.2 Å². The van der Waals surface area contributed by atoms with Crippen molar-refractivity contribution in [1.29, 1.82) is 0 Å². The first-order chi connectivity index (χ1) is 10.1. The lowest BCUT2D eigenvalue weighted by Gasteiger charge is -2.19. The van der Waals surface area contributed by atoms with Crippen LogP contribution >= 0.6 is 0 Å². The van der Waals surface area contributed by atoms with E-state index in [2.05, 4.69) is 17.1 Å². The summed E-state index contributed by atoms with van der Waals surface area (Å²) < 4.78 is 0. The minimum absolute atomic E-state index is 0.146. The fourth-order valence-electron chi connectivity index (χ4n) is 3.39. The van der Waals surface area contributed by atoms with Gasteiger partial charge in [0, 0.05) is 36.8 Å². The van der Waals surface area contributed by atoms with Gasteiger partial charge < -0.3 is 11.1 Å². The highest BCUT2D eigenvalue weighted by Gasteiger charge is 2.38. The maximum Gasteiger partial charge on any atom is 0.220 e. The molecule has 1 aliphatic carbocycles. The van der Waals surface area contributed by atoms with Crippen LogP contribution in [-0.2, 0) is 11.2 Å². The summed E-state index contributed by atoms with van der Waals surface area (Å²) in [5.74, 6) is 0.146. The van der Waals surface area contributed by atoms with Gasteiger partial charge >= 0.3 is 0 Å². The van der Waals surface area contributed by atoms with E-state index in [4.69, 9.17) is 5.73 Å². The average Bonchev–Trinajstić information content (AvgIpc) is 3.23. The number of nitrogens with one attached hydrogen (secondary N) is 1. The van der Waals surface area contributed by atoms with Gasteiger partial charge in [-0.1, -0.05) is 18.2 Å². The fraction of sp³-hybridized carbons (Fsp3) is 0.588. The lowest BCUT2D eigenvalue weighted by molar-refractivity contribution is -0.121. The first kappa shape index (κ1) is 14.4. The van der Waals surface area contributed by atoms with Crippen LogP contribution in [0.25, 0.3) is 0 Å². The normalized spacial score (nSPS) is 26.0. The van der Waals surface area contributed by atoms with Crippen molar-refractivity contribution < 1.29 is 4.79 Å². The summed E-state index contributed by atoms with van der Waals surface area (Å²) >= 11 is 0. The second-order valence-electron chi connectivity index (χ2n) is 6.48. The lowest BCUT2D eigenvalue weighted by Crippen LogP contribution is -2.37. The predicted molar refractivity (Wildman–Crippen MR) is 84.9 cm³/mol. The number of nitrogen functional groups attached to an aromatic ring is 1. The van der Waals surface area contributed by atoms with E-state index < -0.39 is 0 Å². The highest BCUT2D eigenvalue weighted by Crippen LogP contribution is 2.33. The second kappa shape index (κ2) is 6.06. The molecule has 1 saturated heterocycles. The number of carbonyl (C=O) groups excluding carboxylic acids is 1. The number of amides is 1. The summed E-state index contributed by atoms with van der Waals surface area (Å²) in [7, 11) is 0. The van der Waals surface area contributed by atoms with Gasteiger partial charge in [-0.15, -0.1) is 0 Å². The van der Waals surface area contributed by atoms with E-state index in [0.29, 0.717) is 24.9 Å². The van der Waals surface area contributed by atoms with Crippen LogP contribution in [0.4, 0.5) is 5.69 Å². The summed E-state index contributed by atoms with van der Waals surface area (Å²) in [5, 5.41) is 3.19. The summed E-state index contributed by atoms with van der Waals surface area (Å²) in [6.07, 6.45) is 4.97. The molecule has 1 amide bonds. The summed E-state index contributed by atoms with van der Waals surface area (Å²) in [4.78, 5) is 14.7. The first-order valence-corrected chi connectivity index (χ1v) is 8.02. The lowest BCUT2D eigenvalue weighted by atomic mass is 10.1. The molecular formula is C17H25N3O. The number of para-hydroxylation sites is 1. The van der Waals surface area contributed by atoms with Gasteiger partial charge in [0.05, 0.1) is 0 Å². The van der Waals surface area contributed by atoms with Crippen LogP contribution in [0.5, 0.6) is 0 Å². The molecule has 0 aromatic heterocycles. The molecule has 2 unspecified atom stereocenters. The summed E-state index contributed by atoms with van der Waals surface area (Å²) in [6, 6.07) is 9.48. The Morgan fingerprint density at radius 2 is 2.14 bits per heavy atom. The Morgan fingerprint density at radius 1 is 1.38 bits per heavy atom. The zero-order chi connectivity index (χ0) is 14.8. The largest absolute Gasteiger partial charge is 0.399 e. The van der Waals surface area contributed by atoms with Crippen molar-refractivity contribution in [3.8, 4) is 0 Å². The van der Waals surface area contributed by atoms with Gasteiger partial charge in [-0.05, 0) is 44.2 Å². The fourth-order valence-corrected chi connectivity index (χ4v) is 3.39. The molecule has 0 spiro atoms. The van der Waals surface area contributed by atoms with Gasteiger partial charge in [0.15, 0.2) is 0 Å². The summed E-state index contributed by atoms with van der Waals surface area (Å²) in [5.41, 5.74) is 7.75. The molecule has 1 aliphatic heterocycles. The molecule has 2 atom stereocenters. The molecule has 0 bridgehead atoms. The van der Waals surface area contributed by atoms with E-state index in [1.165, 1.54) is 12.8 Å². The van der Waals surface area contributed by atoms with Crippen LogP contribution in [0.3, 0.4) is 0 Å². The number of nitrogens with zero attached hydrogens (tertiary/aromatic N) is 1. The van der Waals surface area contributed by atoms with Gasteiger partial charge in [0.2, 0.25) is 5.91 Å². The number of aryl methyl sites for hydroxylation is 1. The Balaban J connectivity index is 1.45. The molecule has 4 heteroatoms. The molecule has 21 heavy (non-hydrogen) atoms. The van der Waals surface area contributed by atoms with Gasteiger partial charge in [0.1, 0.15) is 0 Å². The summed E-state index contributed by atoms with van der Waals surface area (Å²) in [6.45, 7) is 3.29. The smallest absolute Gasteiger partial charge is 0.220 e. The van der Waals surface area contributed by atoms with E-state index in [9.17, 15) is 4.79 Å². The quantitative estimate of drug-likeness (QED) is 0.814. The Kier molecular flexibility index (Phi) is 4.15. The number of rotatable bonds is 5. The predicted octanol–water partition coefficient (Wildman–Crippen LogP) is 1.94. The third-order valence-electron chi connectivity index (χ3n) is 4.68. The van der Waals surface area contributed by atoms with Crippen LogP contribution in [-0.4, -0.2) is 35.5 Å². The highest BCUT2D eigenvalue weighted by molar-refractivity contribution is 5.76. The second-order valence-corrected chi connectivity index (χ2v) is 6.48. The van der Waals surface area contributed by atoms with Crippen LogP contribution < -0.4 is 11.1 Å². The van der Waals surface area contributed by atoms with E-state index in [-0.39, 0.29) is 5.91 Å². The Bertz CT molecular complexity index is 513. The molecule has 1 heterocycles. The number of hydrogen-bond donors (Lipinski definition) is 2. The number of carbonyl (C=O) groups is 1. The van der Waals surface area contributed by atoms with E-state index in [0.717, 1.165) is 30.3 Å². The SMILES string of the molecule is CC1CC(NC(=O)CCc2ccccc2N)CN1C1CC1. The Hall–Kier alpha value is -1.55. The van der Waals surface area contributed by atoms with E-state index in [1.807, 2.05) is 24.3 Å². The maximum atomic E-state index is 12.1. The van der Waals surface area contributed by atoms with E-state index >= 15 is 0 Å². The minimum Gasteiger partial charge on any atom is -0.399 e. The standard InChI is InChI=1S/C17H25N3O/c1-12-10-14(11-20(12)15-7-8-15)19-17(21)9-6-13-4-2-3-5-16(13)18/h2-5,12,14-15H,6-11,18H2,1H3,(H,19,21). The number of benzene rings is 1. The number of anilines is 1. The molecule has 1 aromatic carbocycles. The van der Waals surface area contributed by atoms with Crippen LogP contribution in [0.2, 0.25) is 0 Å². The molecule has 2 aliphatic rings. The minimum atomic E-state index is 0.146. The van der Waals surface area contributed by atoms with Gasteiger partial charge in [-0.3, -0.25) is 9.69 Å². The molecule has 3 rings (SSSR count). The van der Waals surface area contributed by atoms with Gasteiger partial charge in [0.25, 0.3) is 0 Å². The van der Waals surface area contributed by atoms with Crippen molar-refractivity contribution in [2.75, 3.05) is 12.3 Å². The van der Waals surface area contributed by atoms with Crippen molar-refractivity contribution in [3.05, 3.63) is 29.8 Å². The number of likely N-dealkylation sites (tertiary alicyclic amines) is 1. The van der Waals surface area contributed by atoms with Crippen LogP contribution in [0.1, 0.15) is 38.2 Å². The van der Waals surface area contributed by atoms with E-state index in [1.54, 1.807) is 0 Å². The molecule has 1 saturated carbocycles. The van der Waals surface area contributed by atoms with Crippen LogP contribution in [0, 0.1) is 0 Å². The monoisotopic (exact) mass is 287 g/mol. The average molecular weight is 287 g/mol. The first-order valence-electron chi connectivity index (χ1n) is 8.02. The van der Waals surface area contributed by atoms with Crippen molar-refractivity contribution in [3.63, 3.8) is 0 Å². The molecule has 1 aromatic rings. The zero-order valence-corrected chi connectivity index (χ0v) is 12.7. The van der Waals surface area contributed by atoms with Gasteiger partial charge in [-0.2, -0.15) is 0 Å². The maximum absolute atomic E-state index is 12.1. The molecule has 4 nitrogen and oxygen atoms in total. The van der Waals surface area contributed by atoms with Crippen LogP contribution in [0.15, 0.2) is 24.3 Å². The molecule has 0 radical (unpaired) electrons. The Labute approximate surface area is 126 Å².